The van der Waals surface area contributed by atoms with Crippen molar-refractivity contribution in [2.45, 2.75) is 0 Å². The molecule has 21 heavy (non-hydrogen) atoms. The van der Waals surface area contributed by atoms with Gasteiger partial charge in [-0.15, -0.1) is 0 Å². The van der Waals surface area contributed by atoms with Crippen molar-refractivity contribution in [3.63, 3.8) is 0 Å². The molecule has 3 rings (SSSR count). The number of aromatic hydroxyl groups is 3. The summed E-state index contributed by atoms with van der Waals surface area (Å²) in [5.41, 5.74) is 0.806. The predicted molar refractivity (Wildman–Crippen MR) is 77.6 cm³/mol. The predicted octanol–water partition coefficient (Wildman–Crippen LogP) is 3.51. The fraction of sp³-hybridized carbons (Fsp3) is 0.0625. The molecule has 0 atom stereocenters. The minimum atomic E-state index is -0.346. The first-order chi connectivity index (χ1) is 10.1. The second-order valence-electron chi connectivity index (χ2n) is 4.53. The van der Waals surface area contributed by atoms with Gasteiger partial charge in [0.25, 0.3) is 0 Å². The van der Waals surface area contributed by atoms with Crippen LogP contribution in [0.1, 0.15) is 0 Å². The van der Waals surface area contributed by atoms with Gasteiger partial charge in [0.15, 0.2) is 11.5 Å². The smallest absolute Gasteiger partial charge is 0.364 e. The van der Waals surface area contributed by atoms with Crippen molar-refractivity contribution >= 4 is 11.0 Å². The molecule has 1 aromatic heterocycles. The standard InChI is InChI=1S/C16H12O5/c1-20-13-7-5-11(15(18)16(13)19)12-6-3-9-2-4-10(17)8-14(9)21-12/h2-8H,1H3,(H2-,17,18,19)/p+1. The van der Waals surface area contributed by atoms with Crippen molar-refractivity contribution in [3.05, 3.63) is 42.5 Å². The second-order valence-corrected chi connectivity index (χ2v) is 4.53. The number of benzene rings is 2. The lowest BCUT2D eigenvalue weighted by molar-refractivity contribution is 0.351. The highest BCUT2D eigenvalue weighted by Crippen LogP contribution is 2.43. The van der Waals surface area contributed by atoms with E-state index in [-0.39, 0.29) is 23.0 Å². The van der Waals surface area contributed by atoms with Crippen molar-refractivity contribution in [1.29, 1.82) is 0 Å². The zero-order chi connectivity index (χ0) is 15.0. The van der Waals surface area contributed by atoms with Crippen LogP contribution in [0.15, 0.2) is 46.9 Å². The van der Waals surface area contributed by atoms with Crippen LogP contribution in [-0.2, 0) is 0 Å². The highest BCUT2D eigenvalue weighted by molar-refractivity contribution is 5.81. The van der Waals surface area contributed by atoms with Crippen LogP contribution in [0, 0.1) is 0 Å². The summed E-state index contributed by atoms with van der Waals surface area (Å²) in [6.07, 6.45) is 0. The van der Waals surface area contributed by atoms with Gasteiger partial charge in [0.05, 0.1) is 18.6 Å². The molecular weight excluding hydrogens is 272 g/mol. The Morgan fingerprint density at radius 1 is 0.905 bits per heavy atom. The monoisotopic (exact) mass is 285 g/mol. The van der Waals surface area contributed by atoms with E-state index in [0.717, 1.165) is 5.39 Å². The number of methoxy groups -OCH3 is 1. The molecule has 0 amide bonds. The summed E-state index contributed by atoms with van der Waals surface area (Å²) in [5.74, 6) is -0.0396. The Morgan fingerprint density at radius 2 is 1.67 bits per heavy atom. The fourth-order valence-corrected chi connectivity index (χ4v) is 2.14. The van der Waals surface area contributed by atoms with Crippen molar-refractivity contribution in [1.82, 2.24) is 0 Å². The summed E-state index contributed by atoms with van der Waals surface area (Å²) in [6.45, 7) is 0. The van der Waals surface area contributed by atoms with Crippen LogP contribution in [-0.4, -0.2) is 22.4 Å². The molecule has 0 unspecified atom stereocenters. The fourth-order valence-electron chi connectivity index (χ4n) is 2.14. The number of fused-ring (bicyclic) bond motifs is 1. The normalized spacial score (nSPS) is 10.7. The Bertz CT molecular complexity index is 826. The molecule has 0 radical (unpaired) electrons. The molecule has 0 fully saturated rings. The molecule has 0 saturated heterocycles. The SMILES string of the molecule is COc1ccc(-c2ccc3ccc(O)cc3[o+]2)c(O)c1O. The Hall–Kier alpha value is -2.95. The first-order valence-corrected chi connectivity index (χ1v) is 6.25. The summed E-state index contributed by atoms with van der Waals surface area (Å²) >= 11 is 0. The van der Waals surface area contributed by atoms with Gasteiger partial charge in [-0.25, -0.2) is 4.42 Å². The maximum absolute atomic E-state index is 10.1. The molecule has 0 aliphatic carbocycles. The number of hydrogen-bond acceptors (Lipinski definition) is 4. The third kappa shape index (κ3) is 2.18. The minimum absolute atomic E-state index is 0.0881. The number of ether oxygens (including phenoxy) is 1. The number of rotatable bonds is 2. The van der Waals surface area contributed by atoms with E-state index >= 15 is 0 Å². The van der Waals surface area contributed by atoms with Crippen LogP contribution >= 0.6 is 0 Å². The molecule has 0 spiro atoms. The van der Waals surface area contributed by atoms with Crippen LogP contribution in [0.3, 0.4) is 0 Å². The zero-order valence-corrected chi connectivity index (χ0v) is 11.2. The minimum Gasteiger partial charge on any atom is -0.508 e. The van der Waals surface area contributed by atoms with E-state index in [4.69, 9.17) is 9.15 Å². The van der Waals surface area contributed by atoms with Gasteiger partial charge in [-0.2, -0.15) is 0 Å². The van der Waals surface area contributed by atoms with Crippen LogP contribution in [0.4, 0.5) is 0 Å². The topological polar surface area (TPSA) is 81.2 Å². The quantitative estimate of drug-likeness (QED) is 0.496. The lowest BCUT2D eigenvalue weighted by Gasteiger charge is -2.06. The average molecular weight is 285 g/mol. The molecule has 0 aliphatic heterocycles. The zero-order valence-electron chi connectivity index (χ0n) is 11.2. The van der Waals surface area contributed by atoms with Crippen LogP contribution in [0.25, 0.3) is 22.3 Å². The molecule has 106 valence electrons. The number of phenolic OH excluding ortho intramolecular Hbond substituents is 3. The van der Waals surface area contributed by atoms with Crippen LogP contribution in [0.2, 0.25) is 0 Å². The molecule has 3 N–H and O–H groups in total. The summed E-state index contributed by atoms with van der Waals surface area (Å²) in [4.78, 5) is 0. The van der Waals surface area contributed by atoms with Crippen LogP contribution < -0.4 is 4.74 Å². The van der Waals surface area contributed by atoms with E-state index in [1.54, 1.807) is 30.3 Å². The molecule has 0 bridgehead atoms. The third-order valence-corrected chi connectivity index (χ3v) is 3.23. The molecule has 1 heterocycles. The molecule has 5 heteroatoms. The van der Waals surface area contributed by atoms with Gasteiger partial charge in [0, 0.05) is 6.07 Å². The number of phenols is 3. The van der Waals surface area contributed by atoms with Gasteiger partial charge in [-0.05, 0) is 30.3 Å². The van der Waals surface area contributed by atoms with Crippen molar-refractivity contribution in [2.75, 3.05) is 7.11 Å². The molecule has 0 aliphatic rings. The van der Waals surface area contributed by atoms with Gasteiger partial charge in [-0.1, -0.05) is 0 Å². The second kappa shape index (κ2) is 4.86. The first kappa shape index (κ1) is 13.1. The van der Waals surface area contributed by atoms with Gasteiger partial charge in [0.1, 0.15) is 11.3 Å². The highest BCUT2D eigenvalue weighted by atomic mass is 16.5. The lowest BCUT2D eigenvalue weighted by atomic mass is 10.1. The van der Waals surface area contributed by atoms with E-state index in [0.29, 0.717) is 16.9 Å². The largest absolute Gasteiger partial charge is 0.508 e. The van der Waals surface area contributed by atoms with E-state index in [9.17, 15) is 15.3 Å². The van der Waals surface area contributed by atoms with E-state index < -0.39 is 0 Å². The highest BCUT2D eigenvalue weighted by Gasteiger charge is 2.22. The van der Waals surface area contributed by atoms with Crippen molar-refractivity contribution < 1.29 is 24.5 Å². The van der Waals surface area contributed by atoms with Crippen LogP contribution in [0.5, 0.6) is 23.0 Å². The van der Waals surface area contributed by atoms with Gasteiger partial charge in [0.2, 0.25) is 5.75 Å². The molecular formula is C16H13O5+. The Labute approximate surface area is 120 Å². The molecule has 0 saturated carbocycles. The van der Waals surface area contributed by atoms with Crippen molar-refractivity contribution in [3.8, 4) is 34.3 Å². The molecule has 3 aromatic rings. The molecule has 2 aromatic carbocycles. The third-order valence-electron chi connectivity index (χ3n) is 3.23. The van der Waals surface area contributed by atoms with E-state index in [2.05, 4.69) is 0 Å². The average Bonchev–Trinajstić information content (AvgIpc) is 2.49. The Kier molecular flexibility index (Phi) is 3.02. The maximum atomic E-state index is 10.1. The van der Waals surface area contributed by atoms with Gasteiger partial charge in [-0.3, -0.25) is 0 Å². The lowest BCUT2D eigenvalue weighted by Crippen LogP contribution is -1.86. The maximum Gasteiger partial charge on any atom is 0.364 e. The van der Waals surface area contributed by atoms with Gasteiger partial charge >= 0.3 is 11.3 Å². The number of hydrogen-bond donors (Lipinski definition) is 3. The first-order valence-electron chi connectivity index (χ1n) is 6.25. The summed E-state index contributed by atoms with van der Waals surface area (Å²) in [6, 6.07) is 11.4. The molecule has 5 nitrogen and oxygen atoms in total. The summed E-state index contributed by atoms with van der Waals surface area (Å²) < 4.78 is 10.6. The van der Waals surface area contributed by atoms with E-state index in [1.807, 2.05) is 0 Å². The van der Waals surface area contributed by atoms with E-state index in [1.165, 1.54) is 19.2 Å². The van der Waals surface area contributed by atoms with Crippen molar-refractivity contribution in [2.24, 2.45) is 0 Å². The Morgan fingerprint density at radius 3 is 2.43 bits per heavy atom. The Balaban J connectivity index is 2.18. The summed E-state index contributed by atoms with van der Waals surface area (Å²) in [7, 11) is 1.40. The summed E-state index contributed by atoms with van der Waals surface area (Å²) in [5, 5.41) is 30.2. The van der Waals surface area contributed by atoms with Gasteiger partial charge < -0.3 is 20.1 Å².